The zero-order chi connectivity index (χ0) is 21.3. The molecule has 2 aromatic rings. The maximum atomic E-state index is 13.4. The van der Waals surface area contributed by atoms with Crippen molar-refractivity contribution in [3.05, 3.63) is 34.4 Å². The van der Waals surface area contributed by atoms with Crippen LogP contribution in [0.5, 0.6) is 0 Å². The Balaban J connectivity index is 1.79. The smallest absolute Gasteiger partial charge is 0.407 e. The van der Waals surface area contributed by atoms with E-state index < -0.39 is 11.7 Å². The third kappa shape index (κ3) is 5.13. The maximum Gasteiger partial charge on any atom is 0.407 e. The fraction of sp³-hybridized carbons (Fsp3) is 0.545. The quantitative estimate of drug-likeness (QED) is 0.687. The number of hydrogen-bond acceptors (Lipinski definition) is 3. The summed E-state index contributed by atoms with van der Waals surface area (Å²) >= 11 is 3.53. The topological polar surface area (TPSA) is 63.6 Å². The van der Waals surface area contributed by atoms with Gasteiger partial charge in [-0.2, -0.15) is 0 Å². The SMILES string of the molecule is CC(C)n1cc(C(=O)N2CCC[C@H](NC(=O)OC(C)(C)C)C2)c2ccc(Br)cc21. The number of benzene rings is 1. The molecule has 1 aromatic carbocycles. The van der Waals surface area contributed by atoms with E-state index in [1.807, 2.05) is 44.0 Å². The molecule has 3 rings (SSSR count). The zero-order valence-electron chi connectivity index (χ0n) is 17.8. The largest absolute Gasteiger partial charge is 0.444 e. The molecule has 0 radical (unpaired) electrons. The number of rotatable bonds is 3. The summed E-state index contributed by atoms with van der Waals surface area (Å²) in [6.45, 7) is 10.9. The van der Waals surface area contributed by atoms with Gasteiger partial charge >= 0.3 is 6.09 Å². The lowest BCUT2D eigenvalue weighted by Crippen LogP contribution is -2.50. The second-order valence-corrected chi connectivity index (χ2v) is 9.86. The van der Waals surface area contributed by atoms with Crippen molar-refractivity contribution in [3.63, 3.8) is 0 Å². The number of piperidine rings is 1. The number of hydrogen-bond donors (Lipinski definition) is 1. The average molecular weight is 464 g/mol. The highest BCUT2D eigenvalue weighted by Gasteiger charge is 2.29. The molecule has 158 valence electrons. The van der Waals surface area contributed by atoms with Crippen LogP contribution in [0.4, 0.5) is 4.79 Å². The minimum absolute atomic E-state index is 0.00686. The van der Waals surface area contributed by atoms with Crippen LogP contribution < -0.4 is 5.32 Å². The van der Waals surface area contributed by atoms with Crippen molar-refractivity contribution in [2.24, 2.45) is 0 Å². The van der Waals surface area contributed by atoms with E-state index >= 15 is 0 Å². The predicted octanol–water partition coefficient (Wildman–Crippen LogP) is 5.11. The van der Waals surface area contributed by atoms with E-state index in [9.17, 15) is 9.59 Å². The lowest BCUT2D eigenvalue weighted by Gasteiger charge is -2.33. The van der Waals surface area contributed by atoms with E-state index in [0.29, 0.717) is 18.7 Å². The van der Waals surface area contributed by atoms with Crippen LogP contribution in [0, 0.1) is 0 Å². The van der Waals surface area contributed by atoms with Gasteiger partial charge in [0.15, 0.2) is 0 Å². The number of fused-ring (bicyclic) bond motifs is 1. The van der Waals surface area contributed by atoms with Gasteiger partial charge in [-0.25, -0.2) is 4.79 Å². The molecule has 0 saturated carbocycles. The Hall–Kier alpha value is -2.02. The Kier molecular flexibility index (Phi) is 6.27. The zero-order valence-corrected chi connectivity index (χ0v) is 19.4. The maximum absolute atomic E-state index is 13.4. The Morgan fingerprint density at radius 1 is 1.28 bits per heavy atom. The van der Waals surface area contributed by atoms with E-state index in [2.05, 4.69) is 45.7 Å². The molecule has 7 heteroatoms. The number of likely N-dealkylation sites (tertiary alicyclic amines) is 1. The number of ether oxygens (including phenoxy) is 1. The first-order chi connectivity index (χ1) is 13.5. The Morgan fingerprint density at radius 2 is 2.00 bits per heavy atom. The molecule has 2 amide bonds. The molecular weight excluding hydrogens is 434 g/mol. The van der Waals surface area contributed by atoms with Crippen LogP contribution in [-0.2, 0) is 4.74 Å². The highest BCUT2D eigenvalue weighted by molar-refractivity contribution is 9.10. The molecule has 0 bridgehead atoms. The van der Waals surface area contributed by atoms with Crippen molar-refractivity contribution in [3.8, 4) is 0 Å². The van der Waals surface area contributed by atoms with Crippen LogP contribution in [0.25, 0.3) is 10.9 Å². The first kappa shape index (κ1) is 21.7. The summed E-state index contributed by atoms with van der Waals surface area (Å²) in [6.07, 6.45) is 3.21. The molecule has 0 spiro atoms. The minimum atomic E-state index is -0.540. The van der Waals surface area contributed by atoms with Crippen molar-refractivity contribution < 1.29 is 14.3 Å². The van der Waals surface area contributed by atoms with E-state index in [1.54, 1.807) is 0 Å². The first-order valence-electron chi connectivity index (χ1n) is 10.1. The monoisotopic (exact) mass is 463 g/mol. The molecular formula is C22H30BrN3O3. The van der Waals surface area contributed by atoms with Crippen molar-refractivity contribution >= 4 is 38.8 Å². The third-order valence-corrected chi connectivity index (χ3v) is 5.51. The van der Waals surface area contributed by atoms with Crippen LogP contribution in [0.15, 0.2) is 28.9 Å². The van der Waals surface area contributed by atoms with Crippen LogP contribution in [0.3, 0.4) is 0 Å². The second kappa shape index (κ2) is 8.38. The fourth-order valence-corrected chi connectivity index (χ4v) is 4.09. The van der Waals surface area contributed by atoms with Crippen molar-refractivity contribution in [2.45, 2.75) is 65.1 Å². The van der Waals surface area contributed by atoms with Gasteiger partial charge in [0.05, 0.1) is 11.1 Å². The van der Waals surface area contributed by atoms with Gasteiger partial charge in [0.25, 0.3) is 5.91 Å². The third-order valence-electron chi connectivity index (χ3n) is 5.01. The number of nitrogens with zero attached hydrogens (tertiary/aromatic N) is 2. The van der Waals surface area contributed by atoms with Gasteiger partial charge in [-0.05, 0) is 59.6 Å². The lowest BCUT2D eigenvalue weighted by atomic mass is 10.0. The number of alkyl carbamates (subject to hydrolysis) is 1. The van der Waals surface area contributed by atoms with Crippen LogP contribution in [-0.4, -0.2) is 46.2 Å². The summed E-state index contributed by atoms with van der Waals surface area (Å²) in [5.41, 5.74) is 1.21. The van der Waals surface area contributed by atoms with Gasteiger partial charge in [0.1, 0.15) is 5.60 Å². The number of carbonyl (C=O) groups excluding carboxylic acids is 2. The van der Waals surface area contributed by atoms with Crippen LogP contribution in [0.1, 0.15) is 63.9 Å². The number of halogens is 1. The summed E-state index contributed by atoms with van der Waals surface area (Å²) in [5.74, 6) is 0.00686. The van der Waals surface area contributed by atoms with Crippen LogP contribution >= 0.6 is 15.9 Å². The highest BCUT2D eigenvalue weighted by atomic mass is 79.9. The normalized spacial score (nSPS) is 17.6. The predicted molar refractivity (Wildman–Crippen MR) is 118 cm³/mol. The molecule has 2 heterocycles. The van der Waals surface area contributed by atoms with Crippen molar-refractivity contribution in [1.29, 1.82) is 0 Å². The van der Waals surface area contributed by atoms with Crippen molar-refractivity contribution in [1.82, 2.24) is 14.8 Å². The van der Waals surface area contributed by atoms with Crippen molar-refractivity contribution in [2.75, 3.05) is 13.1 Å². The number of nitrogens with one attached hydrogen (secondary N) is 1. The Bertz CT molecular complexity index is 914. The van der Waals surface area contributed by atoms with E-state index in [-0.39, 0.29) is 18.0 Å². The van der Waals surface area contributed by atoms with E-state index in [0.717, 1.165) is 28.2 Å². The molecule has 6 nitrogen and oxygen atoms in total. The first-order valence-corrected chi connectivity index (χ1v) is 10.9. The van der Waals surface area contributed by atoms with Gasteiger partial charge < -0.3 is 19.5 Å². The summed E-state index contributed by atoms with van der Waals surface area (Å²) < 4.78 is 8.48. The summed E-state index contributed by atoms with van der Waals surface area (Å²) in [7, 11) is 0. The number of carbonyl (C=O) groups is 2. The Labute approximate surface area is 180 Å². The van der Waals surface area contributed by atoms with E-state index in [1.165, 1.54) is 0 Å². The number of amides is 2. The molecule has 29 heavy (non-hydrogen) atoms. The molecule has 0 aliphatic carbocycles. The van der Waals surface area contributed by atoms with Gasteiger partial charge in [0.2, 0.25) is 0 Å². The summed E-state index contributed by atoms with van der Waals surface area (Å²) in [6, 6.07) is 6.15. The van der Waals surface area contributed by atoms with E-state index in [4.69, 9.17) is 4.74 Å². The molecule has 1 N–H and O–H groups in total. The van der Waals surface area contributed by atoms with Gasteiger partial charge in [-0.1, -0.05) is 22.0 Å². The highest BCUT2D eigenvalue weighted by Crippen LogP contribution is 2.29. The summed E-state index contributed by atoms with van der Waals surface area (Å²) in [5, 5.41) is 3.87. The molecule has 1 aromatic heterocycles. The minimum Gasteiger partial charge on any atom is -0.444 e. The van der Waals surface area contributed by atoms with Gasteiger partial charge in [-0.3, -0.25) is 4.79 Å². The molecule has 0 unspecified atom stereocenters. The molecule has 1 aliphatic rings. The second-order valence-electron chi connectivity index (χ2n) is 8.94. The number of aromatic nitrogens is 1. The standard InChI is InChI=1S/C22H30BrN3O3/c1-14(2)26-13-18(17-9-8-15(23)11-19(17)26)20(27)25-10-6-7-16(12-25)24-21(28)29-22(3,4)5/h8-9,11,13-14,16H,6-7,10,12H2,1-5H3,(H,24,28)/t16-/m0/s1. The van der Waals surface area contributed by atoms with Crippen LogP contribution in [0.2, 0.25) is 0 Å². The lowest BCUT2D eigenvalue weighted by molar-refractivity contribution is 0.0452. The molecule has 1 fully saturated rings. The molecule has 1 saturated heterocycles. The molecule has 1 aliphatic heterocycles. The van der Waals surface area contributed by atoms with Gasteiger partial charge in [-0.15, -0.1) is 0 Å². The van der Waals surface area contributed by atoms with Gasteiger partial charge in [0, 0.05) is 41.2 Å². The average Bonchev–Trinajstić information content (AvgIpc) is 2.98. The fourth-order valence-electron chi connectivity index (χ4n) is 3.75. The molecule has 1 atom stereocenters. The summed E-state index contributed by atoms with van der Waals surface area (Å²) in [4.78, 5) is 27.3. The Morgan fingerprint density at radius 3 is 2.66 bits per heavy atom.